The first kappa shape index (κ1) is 14.1. The van der Waals surface area contributed by atoms with E-state index in [-0.39, 0.29) is 23.2 Å². The standard InChI is InChI=1S/C14H21FN2O2/c1-10-8-14(9-16,5-6-19-10)17-11-3-4-12(15)13(7-11)18-2/h3-4,7,10,17H,5-6,8-9,16H2,1-2H3. The van der Waals surface area contributed by atoms with Crippen molar-refractivity contribution in [3.8, 4) is 5.75 Å². The number of methoxy groups -OCH3 is 1. The summed E-state index contributed by atoms with van der Waals surface area (Å²) in [6.45, 7) is 3.24. The maximum absolute atomic E-state index is 13.4. The van der Waals surface area contributed by atoms with Gasteiger partial charge in [-0.3, -0.25) is 0 Å². The van der Waals surface area contributed by atoms with Crippen molar-refractivity contribution in [2.45, 2.75) is 31.4 Å². The number of nitrogens with one attached hydrogen (secondary N) is 1. The molecule has 0 spiro atoms. The van der Waals surface area contributed by atoms with E-state index < -0.39 is 0 Å². The largest absolute Gasteiger partial charge is 0.494 e. The second-order valence-corrected chi connectivity index (χ2v) is 5.09. The van der Waals surface area contributed by atoms with E-state index in [2.05, 4.69) is 5.32 Å². The summed E-state index contributed by atoms with van der Waals surface area (Å²) in [5.74, 6) is -0.132. The van der Waals surface area contributed by atoms with Gasteiger partial charge < -0.3 is 20.5 Å². The van der Waals surface area contributed by atoms with E-state index in [1.54, 1.807) is 12.1 Å². The Hall–Kier alpha value is -1.33. The van der Waals surface area contributed by atoms with Crippen molar-refractivity contribution in [3.63, 3.8) is 0 Å². The van der Waals surface area contributed by atoms with Gasteiger partial charge in [0.15, 0.2) is 11.6 Å². The summed E-state index contributed by atoms with van der Waals surface area (Å²) in [5, 5.41) is 3.42. The quantitative estimate of drug-likeness (QED) is 0.878. The Bertz CT molecular complexity index is 441. The minimum absolute atomic E-state index is 0.173. The fourth-order valence-corrected chi connectivity index (χ4v) is 2.56. The minimum atomic E-state index is -0.366. The first-order chi connectivity index (χ1) is 9.08. The van der Waals surface area contributed by atoms with Gasteiger partial charge >= 0.3 is 0 Å². The van der Waals surface area contributed by atoms with Crippen LogP contribution in [0, 0.1) is 5.82 Å². The van der Waals surface area contributed by atoms with Gasteiger partial charge in [0.25, 0.3) is 0 Å². The van der Waals surface area contributed by atoms with E-state index in [0.717, 1.165) is 18.5 Å². The van der Waals surface area contributed by atoms with Crippen molar-refractivity contribution in [1.82, 2.24) is 0 Å². The lowest BCUT2D eigenvalue weighted by molar-refractivity contribution is 0.000260. The van der Waals surface area contributed by atoms with Crippen molar-refractivity contribution in [3.05, 3.63) is 24.0 Å². The molecule has 3 N–H and O–H groups in total. The van der Waals surface area contributed by atoms with Crippen molar-refractivity contribution in [1.29, 1.82) is 0 Å². The lowest BCUT2D eigenvalue weighted by atomic mass is 9.86. The maximum atomic E-state index is 13.4. The molecule has 0 aromatic heterocycles. The summed E-state index contributed by atoms with van der Waals surface area (Å²) in [7, 11) is 1.46. The molecule has 0 bridgehead atoms. The van der Waals surface area contributed by atoms with Gasteiger partial charge in [-0.2, -0.15) is 0 Å². The molecule has 1 aliphatic heterocycles. The summed E-state index contributed by atoms with van der Waals surface area (Å²) in [6.07, 6.45) is 1.85. The number of ether oxygens (including phenoxy) is 2. The van der Waals surface area contributed by atoms with Crippen LogP contribution in [0.15, 0.2) is 18.2 Å². The normalized spacial score (nSPS) is 27.1. The molecular formula is C14H21FN2O2. The lowest BCUT2D eigenvalue weighted by Gasteiger charge is -2.40. The van der Waals surface area contributed by atoms with Crippen molar-refractivity contribution >= 4 is 5.69 Å². The Morgan fingerprint density at radius 1 is 1.58 bits per heavy atom. The Morgan fingerprint density at radius 3 is 3.00 bits per heavy atom. The topological polar surface area (TPSA) is 56.5 Å². The lowest BCUT2D eigenvalue weighted by Crippen LogP contribution is -2.51. The molecule has 0 aliphatic carbocycles. The highest BCUT2D eigenvalue weighted by atomic mass is 19.1. The van der Waals surface area contributed by atoms with Crippen LogP contribution >= 0.6 is 0 Å². The van der Waals surface area contributed by atoms with E-state index in [0.29, 0.717) is 13.2 Å². The molecule has 0 saturated carbocycles. The van der Waals surface area contributed by atoms with Crippen LogP contribution in [0.3, 0.4) is 0 Å². The number of halogens is 1. The second kappa shape index (κ2) is 5.75. The number of anilines is 1. The number of hydrogen-bond donors (Lipinski definition) is 2. The van der Waals surface area contributed by atoms with Crippen LogP contribution in [0.25, 0.3) is 0 Å². The molecular weight excluding hydrogens is 247 g/mol. The van der Waals surface area contributed by atoms with Crippen LogP contribution in [0.5, 0.6) is 5.75 Å². The van der Waals surface area contributed by atoms with Gasteiger partial charge in [-0.05, 0) is 31.9 Å². The molecule has 5 heteroatoms. The van der Waals surface area contributed by atoms with Crippen molar-refractivity contribution in [2.75, 3.05) is 25.6 Å². The molecule has 1 heterocycles. The zero-order chi connectivity index (χ0) is 13.9. The summed E-state index contributed by atoms with van der Waals surface area (Å²) in [4.78, 5) is 0. The van der Waals surface area contributed by atoms with Gasteiger partial charge in [0.2, 0.25) is 0 Å². The summed E-state index contributed by atoms with van der Waals surface area (Å²) in [5.41, 5.74) is 6.55. The van der Waals surface area contributed by atoms with Crippen LogP contribution in [0.1, 0.15) is 19.8 Å². The van der Waals surface area contributed by atoms with Crippen LogP contribution in [0.4, 0.5) is 10.1 Å². The fourth-order valence-electron chi connectivity index (χ4n) is 2.56. The first-order valence-corrected chi connectivity index (χ1v) is 6.52. The number of rotatable bonds is 4. The summed E-state index contributed by atoms with van der Waals surface area (Å²) >= 11 is 0. The third-order valence-corrected chi connectivity index (χ3v) is 3.61. The van der Waals surface area contributed by atoms with Gasteiger partial charge in [-0.25, -0.2) is 4.39 Å². The summed E-state index contributed by atoms with van der Waals surface area (Å²) < 4.78 is 23.9. The molecule has 0 amide bonds. The van der Waals surface area contributed by atoms with Crippen molar-refractivity contribution in [2.24, 2.45) is 5.73 Å². The first-order valence-electron chi connectivity index (χ1n) is 6.52. The van der Waals surface area contributed by atoms with Crippen LogP contribution in [-0.4, -0.2) is 31.9 Å². The van der Waals surface area contributed by atoms with E-state index in [1.165, 1.54) is 13.2 Å². The predicted molar refractivity (Wildman–Crippen MR) is 73.0 cm³/mol. The fraction of sp³-hybridized carbons (Fsp3) is 0.571. The maximum Gasteiger partial charge on any atom is 0.165 e. The van der Waals surface area contributed by atoms with E-state index >= 15 is 0 Å². The smallest absolute Gasteiger partial charge is 0.165 e. The third kappa shape index (κ3) is 3.16. The minimum Gasteiger partial charge on any atom is -0.494 e. The molecule has 1 fully saturated rings. The number of nitrogens with two attached hydrogens (primary N) is 1. The highest BCUT2D eigenvalue weighted by molar-refractivity contribution is 5.51. The van der Waals surface area contributed by atoms with Gasteiger partial charge in [0.05, 0.1) is 18.8 Å². The van der Waals surface area contributed by atoms with Gasteiger partial charge in [0.1, 0.15) is 0 Å². The molecule has 2 rings (SSSR count). The molecule has 2 unspecified atom stereocenters. The average Bonchev–Trinajstić information content (AvgIpc) is 2.41. The predicted octanol–water partition coefficient (Wildman–Crippen LogP) is 2.14. The molecule has 0 radical (unpaired) electrons. The molecule has 19 heavy (non-hydrogen) atoms. The molecule has 1 aromatic carbocycles. The SMILES string of the molecule is COc1cc(NC2(CN)CCOC(C)C2)ccc1F. The van der Waals surface area contributed by atoms with Crippen LogP contribution in [0.2, 0.25) is 0 Å². The second-order valence-electron chi connectivity index (χ2n) is 5.09. The van der Waals surface area contributed by atoms with E-state index in [9.17, 15) is 4.39 Å². The summed E-state index contributed by atoms with van der Waals surface area (Å²) in [6, 6.07) is 4.76. The Labute approximate surface area is 113 Å². The molecule has 106 valence electrons. The zero-order valence-electron chi connectivity index (χ0n) is 11.4. The van der Waals surface area contributed by atoms with Crippen molar-refractivity contribution < 1.29 is 13.9 Å². The Kier molecular flexibility index (Phi) is 4.27. The molecule has 1 saturated heterocycles. The van der Waals surface area contributed by atoms with Gasteiger partial charge in [-0.15, -0.1) is 0 Å². The average molecular weight is 268 g/mol. The molecule has 1 aromatic rings. The van der Waals surface area contributed by atoms with E-state index in [1.807, 2.05) is 6.92 Å². The highest BCUT2D eigenvalue weighted by Gasteiger charge is 2.34. The monoisotopic (exact) mass is 268 g/mol. The van der Waals surface area contributed by atoms with Crippen LogP contribution in [-0.2, 0) is 4.74 Å². The van der Waals surface area contributed by atoms with Crippen LogP contribution < -0.4 is 15.8 Å². The van der Waals surface area contributed by atoms with Gasteiger partial charge in [0, 0.05) is 24.9 Å². The highest BCUT2D eigenvalue weighted by Crippen LogP contribution is 2.30. The van der Waals surface area contributed by atoms with Gasteiger partial charge in [-0.1, -0.05) is 0 Å². The third-order valence-electron chi connectivity index (χ3n) is 3.61. The number of hydrogen-bond acceptors (Lipinski definition) is 4. The zero-order valence-corrected chi connectivity index (χ0v) is 11.4. The van der Waals surface area contributed by atoms with E-state index in [4.69, 9.17) is 15.2 Å². The molecule has 2 atom stereocenters. The molecule has 1 aliphatic rings. The molecule has 4 nitrogen and oxygen atoms in total. The number of benzene rings is 1. The Balaban J connectivity index is 2.18. The Morgan fingerprint density at radius 2 is 2.37 bits per heavy atom.